The SMILES string of the molecule is CN(C)CCOc1ccc(CCC[C@H](CC(=O)O)C(=O)NC2Cc3cn(c4ccccc34)CCOCCNC2=O)cc1. The van der Waals surface area contributed by atoms with Crippen molar-refractivity contribution in [2.45, 2.75) is 44.7 Å². The van der Waals surface area contributed by atoms with Gasteiger partial charge < -0.3 is 34.7 Å². The van der Waals surface area contributed by atoms with Crippen molar-refractivity contribution < 1.29 is 29.0 Å². The molecule has 2 aromatic carbocycles. The van der Waals surface area contributed by atoms with Crippen molar-refractivity contribution in [3.8, 4) is 5.75 Å². The monoisotopic (exact) mass is 578 g/mol. The van der Waals surface area contributed by atoms with E-state index in [1.165, 1.54) is 0 Å². The van der Waals surface area contributed by atoms with Crippen LogP contribution in [0.1, 0.15) is 30.4 Å². The van der Waals surface area contributed by atoms with Gasteiger partial charge in [-0.1, -0.05) is 30.3 Å². The van der Waals surface area contributed by atoms with Gasteiger partial charge in [-0.2, -0.15) is 0 Å². The van der Waals surface area contributed by atoms with Crippen molar-refractivity contribution in [2.24, 2.45) is 5.92 Å². The lowest BCUT2D eigenvalue weighted by Gasteiger charge is -2.22. The average molecular weight is 579 g/mol. The molecule has 10 heteroatoms. The van der Waals surface area contributed by atoms with Gasteiger partial charge in [0.1, 0.15) is 18.4 Å². The minimum Gasteiger partial charge on any atom is -0.492 e. The summed E-state index contributed by atoms with van der Waals surface area (Å²) in [6.45, 7) is 3.33. The zero-order valence-corrected chi connectivity index (χ0v) is 24.5. The molecule has 1 aromatic heterocycles. The van der Waals surface area contributed by atoms with Crippen molar-refractivity contribution in [2.75, 3.05) is 47.0 Å². The lowest BCUT2D eigenvalue weighted by atomic mass is 9.94. The Hall–Kier alpha value is -3.89. The molecule has 3 N–H and O–H groups in total. The number of rotatable bonds is 12. The molecule has 1 aliphatic heterocycles. The summed E-state index contributed by atoms with van der Waals surface area (Å²) < 4.78 is 13.5. The molecule has 1 unspecified atom stereocenters. The summed E-state index contributed by atoms with van der Waals surface area (Å²) in [7, 11) is 3.99. The third kappa shape index (κ3) is 9.06. The molecule has 2 amide bonds. The maximum Gasteiger partial charge on any atom is 0.304 e. The Kier molecular flexibility index (Phi) is 11.4. The fraction of sp³-hybridized carbons (Fsp3) is 0.469. The topological polar surface area (TPSA) is 122 Å². The van der Waals surface area contributed by atoms with Crippen LogP contribution in [-0.4, -0.2) is 85.4 Å². The molecule has 0 saturated heterocycles. The molecule has 3 aromatic rings. The number of carbonyl (C=O) groups is 3. The van der Waals surface area contributed by atoms with Gasteiger partial charge in [0.25, 0.3) is 0 Å². The van der Waals surface area contributed by atoms with Gasteiger partial charge in [-0.25, -0.2) is 0 Å². The second kappa shape index (κ2) is 15.4. The minimum atomic E-state index is -1.04. The maximum atomic E-state index is 13.4. The van der Waals surface area contributed by atoms with E-state index in [9.17, 15) is 19.5 Å². The molecular formula is C32H42N4O6. The third-order valence-corrected chi connectivity index (χ3v) is 7.49. The summed E-state index contributed by atoms with van der Waals surface area (Å²) in [6.07, 6.45) is 3.73. The Labute approximate surface area is 247 Å². The molecule has 4 rings (SSSR count). The number of amides is 2. The molecule has 2 atom stereocenters. The van der Waals surface area contributed by atoms with Crippen LogP contribution in [0, 0.1) is 5.92 Å². The Morgan fingerprint density at radius 1 is 1.17 bits per heavy atom. The largest absolute Gasteiger partial charge is 0.492 e. The summed E-state index contributed by atoms with van der Waals surface area (Å²) in [4.78, 5) is 40.3. The van der Waals surface area contributed by atoms with Gasteiger partial charge in [-0.15, -0.1) is 0 Å². The van der Waals surface area contributed by atoms with E-state index in [1.54, 1.807) is 0 Å². The summed E-state index contributed by atoms with van der Waals surface area (Å²) in [6, 6.07) is 15.0. The van der Waals surface area contributed by atoms with Crippen LogP contribution >= 0.6 is 0 Å². The predicted molar refractivity (Wildman–Crippen MR) is 161 cm³/mol. The molecule has 0 spiro atoms. The summed E-state index contributed by atoms with van der Waals surface area (Å²) in [5, 5.41) is 16.3. The van der Waals surface area contributed by atoms with Crippen LogP contribution in [0.5, 0.6) is 5.75 Å². The number of benzene rings is 2. The smallest absolute Gasteiger partial charge is 0.304 e. The van der Waals surface area contributed by atoms with E-state index in [-0.39, 0.29) is 12.3 Å². The van der Waals surface area contributed by atoms with E-state index in [4.69, 9.17) is 9.47 Å². The van der Waals surface area contributed by atoms with Crippen LogP contribution in [0.25, 0.3) is 10.9 Å². The zero-order chi connectivity index (χ0) is 29.9. The highest BCUT2D eigenvalue weighted by Crippen LogP contribution is 2.24. The number of fused-ring (bicyclic) bond motifs is 5. The lowest BCUT2D eigenvalue weighted by Crippen LogP contribution is -2.50. The minimum absolute atomic E-state index is 0.300. The van der Waals surface area contributed by atoms with E-state index in [2.05, 4.69) is 20.1 Å². The molecule has 1 aliphatic rings. The number of likely N-dealkylation sites (N-methyl/N-ethyl adjacent to an activating group) is 1. The van der Waals surface area contributed by atoms with Crippen molar-refractivity contribution in [3.05, 3.63) is 65.9 Å². The van der Waals surface area contributed by atoms with E-state index in [1.807, 2.05) is 68.8 Å². The van der Waals surface area contributed by atoms with Crippen LogP contribution in [-0.2, 0) is 38.5 Å². The molecule has 0 radical (unpaired) electrons. The molecule has 2 heterocycles. The molecule has 10 nitrogen and oxygen atoms in total. The lowest BCUT2D eigenvalue weighted by molar-refractivity contribution is -0.141. The molecule has 0 aliphatic carbocycles. The van der Waals surface area contributed by atoms with Gasteiger partial charge in [0.2, 0.25) is 11.8 Å². The zero-order valence-electron chi connectivity index (χ0n) is 24.5. The second-order valence-corrected chi connectivity index (χ2v) is 11.0. The number of carboxylic acid groups (broad SMARTS) is 1. The first-order chi connectivity index (χ1) is 20.3. The molecule has 226 valence electrons. The van der Waals surface area contributed by atoms with Crippen LogP contribution < -0.4 is 15.4 Å². The second-order valence-electron chi connectivity index (χ2n) is 11.0. The van der Waals surface area contributed by atoms with Crippen LogP contribution in [0.3, 0.4) is 0 Å². The van der Waals surface area contributed by atoms with E-state index >= 15 is 0 Å². The Balaban J connectivity index is 1.41. The first kappa shape index (κ1) is 31.1. The van der Waals surface area contributed by atoms with E-state index < -0.39 is 23.8 Å². The number of aromatic nitrogens is 1. The van der Waals surface area contributed by atoms with E-state index in [0.29, 0.717) is 58.6 Å². The maximum absolute atomic E-state index is 13.4. The number of hydrogen-bond donors (Lipinski definition) is 3. The van der Waals surface area contributed by atoms with Gasteiger partial charge in [0, 0.05) is 49.1 Å². The standard InChI is InChI=1S/C32H42N4O6/c1-35(2)15-19-42-26-12-10-23(11-13-26)6-5-7-24(21-30(37)38)31(39)34-28-20-25-22-36(29-9-4-3-8-27(25)29)16-18-41-17-14-33-32(28)40/h3-4,8-13,22,24,28H,5-7,14-21H2,1-2H3,(H,33,40)(H,34,39)(H,37,38)/t24-,28?/m1/s1. The number of carboxylic acids is 1. The molecule has 42 heavy (non-hydrogen) atoms. The Morgan fingerprint density at radius 3 is 2.71 bits per heavy atom. The normalized spacial score (nSPS) is 16.7. The Bertz CT molecular complexity index is 1340. The van der Waals surface area contributed by atoms with Crippen molar-refractivity contribution in [1.29, 1.82) is 0 Å². The molecular weight excluding hydrogens is 536 g/mol. The van der Waals surface area contributed by atoms with Gasteiger partial charge in [0.15, 0.2) is 0 Å². The third-order valence-electron chi connectivity index (χ3n) is 7.49. The van der Waals surface area contributed by atoms with Crippen molar-refractivity contribution >= 4 is 28.7 Å². The number of carbonyl (C=O) groups excluding carboxylic acids is 2. The molecule has 0 fully saturated rings. The predicted octanol–water partition coefficient (Wildman–Crippen LogP) is 2.87. The van der Waals surface area contributed by atoms with E-state index in [0.717, 1.165) is 34.3 Å². The average Bonchev–Trinajstić information content (AvgIpc) is 3.31. The van der Waals surface area contributed by atoms with Crippen LogP contribution in [0.4, 0.5) is 0 Å². The number of para-hydroxylation sites is 1. The van der Waals surface area contributed by atoms with Gasteiger partial charge in [-0.3, -0.25) is 14.4 Å². The number of nitrogens with one attached hydrogen (secondary N) is 2. The number of aliphatic carboxylic acids is 1. The number of aryl methyl sites for hydroxylation is 1. The number of hydrogen-bond acceptors (Lipinski definition) is 6. The van der Waals surface area contributed by atoms with Gasteiger partial charge in [-0.05, 0) is 62.7 Å². The van der Waals surface area contributed by atoms with Gasteiger partial charge >= 0.3 is 5.97 Å². The molecule has 2 bridgehead atoms. The van der Waals surface area contributed by atoms with Crippen LogP contribution in [0.2, 0.25) is 0 Å². The highest BCUT2D eigenvalue weighted by Gasteiger charge is 2.28. The summed E-state index contributed by atoms with van der Waals surface area (Å²) in [5.41, 5.74) is 3.06. The number of ether oxygens (including phenoxy) is 2. The first-order valence-electron chi connectivity index (χ1n) is 14.6. The van der Waals surface area contributed by atoms with Crippen molar-refractivity contribution in [1.82, 2.24) is 20.1 Å². The quantitative estimate of drug-likeness (QED) is 0.302. The van der Waals surface area contributed by atoms with Crippen molar-refractivity contribution in [3.63, 3.8) is 0 Å². The highest BCUT2D eigenvalue weighted by atomic mass is 16.5. The van der Waals surface area contributed by atoms with Gasteiger partial charge in [0.05, 0.1) is 19.6 Å². The Morgan fingerprint density at radius 2 is 1.95 bits per heavy atom. The molecule has 0 saturated carbocycles. The highest BCUT2D eigenvalue weighted by molar-refractivity contribution is 5.91. The fourth-order valence-electron chi connectivity index (χ4n) is 5.21. The van der Waals surface area contributed by atoms with Crippen LogP contribution in [0.15, 0.2) is 54.7 Å². The summed E-state index contributed by atoms with van der Waals surface area (Å²) in [5.74, 6) is -1.73. The first-order valence-corrected chi connectivity index (χ1v) is 14.6. The number of nitrogens with zero attached hydrogens (tertiary/aromatic N) is 2. The summed E-state index contributed by atoms with van der Waals surface area (Å²) >= 11 is 0. The fourth-order valence-corrected chi connectivity index (χ4v) is 5.21.